The summed E-state index contributed by atoms with van der Waals surface area (Å²) in [5.74, 6) is 0.508. The van der Waals surface area contributed by atoms with E-state index in [9.17, 15) is 13.6 Å². The van der Waals surface area contributed by atoms with Gasteiger partial charge in [0.25, 0.3) is 0 Å². The van der Waals surface area contributed by atoms with E-state index in [0.717, 1.165) is 5.69 Å². The molecule has 2 heterocycles. The quantitative estimate of drug-likeness (QED) is 0.615. The lowest BCUT2D eigenvalue weighted by Gasteiger charge is -2.35. The van der Waals surface area contributed by atoms with Crippen molar-refractivity contribution in [2.75, 3.05) is 31.1 Å². The number of para-hydroxylation sites is 2. The van der Waals surface area contributed by atoms with Gasteiger partial charge in [0, 0.05) is 31.7 Å². The molecular weight excluding hydrogens is 394 g/mol. The van der Waals surface area contributed by atoms with E-state index >= 15 is 0 Å². The Kier molecular flexibility index (Phi) is 5.82. The van der Waals surface area contributed by atoms with Crippen molar-refractivity contribution in [1.82, 2.24) is 25.1 Å². The molecule has 0 spiro atoms. The SMILES string of the molecule is O=C(Cc1ccccc1OC(F)F)N1CCN(c2nnnn2-c2ccccc2)CC1. The van der Waals surface area contributed by atoms with Crippen molar-refractivity contribution in [3.05, 3.63) is 60.2 Å². The van der Waals surface area contributed by atoms with Gasteiger partial charge in [0.2, 0.25) is 11.9 Å². The number of rotatable bonds is 6. The maximum atomic E-state index is 12.7. The van der Waals surface area contributed by atoms with Crippen molar-refractivity contribution in [3.8, 4) is 11.4 Å². The number of carbonyl (C=O) groups is 1. The first-order valence-corrected chi connectivity index (χ1v) is 9.51. The van der Waals surface area contributed by atoms with Crippen LogP contribution in [0.3, 0.4) is 0 Å². The highest BCUT2D eigenvalue weighted by molar-refractivity contribution is 5.79. The van der Waals surface area contributed by atoms with Gasteiger partial charge in [0.15, 0.2) is 0 Å². The van der Waals surface area contributed by atoms with E-state index < -0.39 is 6.61 Å². The average molecular weight is 414 g/mol. The lowest BCUT2D eigenvalue weighted by molar-refractivity contribution is -0.130. The number of carbonyl (C=O) groups excluding carboxylic acids is 1. The number of benzene rings is 2. The smallest absolute Gasteiger partial charge is 0.387 e. The molecule has 0 bridgehead atoms. The molecule has 0 N–H and O–H groups in total. The summed E-state index contributed by atoms with van der Waals surface area (Å²) in [5.41, 5.74) is 1.30. The average Bonchev–Trinajstić information content (AvgIpc) is 3.25. The predicted molar refractivity (Wildman–Crippen MR) is 105 cm³/mol. The van der Waals surface area contributed by atoms with Crippen LogP contribution in [0.1, 0.15) is 5.56 Å². The molecule has 156 valence electrons. The summed E-state index contributed by atoms with van der Waals surface area (Å²) in [6, 6.07) is 15.9. The number of hydrogen-bond acceptors (Lipinski definition) is 6. The van der Waals surface area contributed by atoms with Crippen molar-refractivity contribution < 1.29 is 18.3 Å². The van der Waals surface area contributed by atoms with Gasteiger partial charge >= 0.3 is 6.61 Å². The second kappa shape index (κ2) is 8.85. The van der Waals surface area contributed by atoms with Crippen LogP contribution in [0.4, 0.5) is 14.7 Å². The van der Waals surface area contributed by atoms with Gasteiger partial charge in [-0.2, -0.15) is 13.5 Å². The normalized spacial score (nSPS) is 14.2. The van der Waals surface area contributed by atoms with Crippen molar-refractivity contribution in [3.63, 3.8) is 0 Å². The minimum absolute atomic E-state index is 0.00461. The van der Waals surface area contributed by atoms with E-state index in [-0.39, 0.29) is 18.1 Å². The Bertz CT molecular complexity index is 990. The Morgan fingerprint density at radius 1 is 1.00 bits per heavy atom. The number of ether oxygens (including phenoxy) is 1. The third-order valence-corrected chi connectivity index (χ3v) is 4.90. The molecule has 10 heteroatoms. The predicted octanol–water partition coefficient (Wildman–Crippen LogP) is 2.16. The van der Waals surface area contributed by atoms with E-state index in [1.54, 1.807) is 27.8 Å². The highest BCUT2D eigenvalue weighted by Crippen LogP contribution is 2.22. The van der Waals surface area contributed by atoms with Gasteiger partial charge in [-0.1, -0.05) is 41.5 Å². The summed E-state index contributed by atoms with van der Waals surface area (Å²) >= 11 is 0. The highest BCUT2D eigenvalue weighted by Gasteiger charge is 2.25. The molecular formula is C20H20F2N6O2. The zero-order valence-electron chi connectivity index (χ0n) is 16.1. The highest BCUT2D eigenvalue weighted by atomic mass is 19.3. The molecule has 1 saturated heterocycles. The van der Waals surface area contributed by atoms with Gasteiger partial charge in [0.1, 0.15) is 5.75 Å². The molecule has 1 aliphatic rings. The number of hydrogen-bond donors (Lipinski definition) is 0. The summed E-state index contributed by atoms with van der Waals surface area (Å²) < 4.78 is 31.3. The van der Waals surface area contributed by atoms with Crippen LogP contribution in [0.15, 0.2) is 54.6 Å². The Morgan fingerprint density at radius 2 is 1.70 bits per heavy atom. The van der Waals surface area contributed by atoms with E-state index in [1.807, 2.05) is 35.2 Å². The van der Waals surface area contributed by atoms with Crippen LogP contribution in [-0.4, -0.2) is 63.8 Å². The molecule has 8 nitrogen and oxygen atoms in total. The second-order valence-corrected chi connectivity index (χ2v) is 6.76. The van der Waals surface area contributed by atoms with Gasteiger partial charge in [-0.3, -0.25) is 4.79 Å². The molecule has 3 aromatic rings. The lowest BCUT2D eigenvalue weighted by atomic mass is 10.1. The van der Waals surface area contributed by atoms with Crippen molar-refractivity contribution >= 4 is 11.9 Å². The van der Waals surface area contributed by atoms with Crippen molar-refractivity contribution in [2.45, 2.75) is 13.0 Å². The molecule has 0 aliphatic carbocycles. The summed E-state index contributed by atoms with van der Waals surface area (Å²) in [6.45, 7) is -0.834. The standard InChI is InChI=1S/C20H20F2N6O2/c21-19(22)30-17-9-5-4-6-15(17)14-18(29)26-10-12-27(13-11-26)20-23-24-25-28(20)16-7-2-1-3-8-16/h1-9,19H,10-14H2. The van der Waals surface area contributed by atoms with Gasteiger partial charge in [-0.25, -0.2) is 0 Å². The first-order valence-electron chi connectivity index (χ1n) is 9.51. The first kappa shape index (κ1) is 19.7. The van der Waals surface area contributed by atoms with E-state index in [1.165, 1.54) is 6.07 Å². The van der Waals surface area contributed by atoms with Crippen molar-refractivity contribution in [1.29, 1.82) is 0 Å². The minimum Gasteiger partial charge on any atom is -0.435 e. The Hall–Kier alpha value is -3.56. The molecule has 1 amide bonds. The summed E-state index contributed by atoms with van der Waals surface area (Å²) in [4.78, 5) is 16.4. The van der Waals surface area contributed by atoms with Gasteiger partial charge < -0.3 is 14.5 Å². The number of alkyl halides is 2. The van der Waals surface area contributed by atoms with Crippen molar-refractivity contribution in [2.24, 2.45) is 0 Å². The monoisotopic (exact) mass is 414 g/mol. The fourth-order valence-corrected chi connectivity index (χ4v) is 3.41. The van der Waals surface area contributed by atoms with E-state index in [4.69, 9.17) is 0 Å². The molecule has 1 aromatic heterocycles. The minimum atomic E-state index is -2.93. The Morgan fingerprint density at radius 3 is 2.43 bits per heavy atom. The van der Waals surface area contributed by atoms with Gasteiger partial charge in [-0.15, -0.1) is 0 Å². The largest absolute Gasteiger partial charge is 0.435 e. The number of anilines is 1. The molecule has 30 heavy (non-hydrogen) atoms. The molecule has 2 aromatic carbocycles. The Balaban J connectivity index is 1.39. The maximum absolute atomic E-state index is 12.7. The number of piperazine rings is 1. The van der Waals surface area contributed by atoms with Gasteiger partial charge in [-0.05, 0) is 28.6 Å². The molecule has 1 aliphatic heterocycles. The molecule has 4 rings (SSSR count). The number of nitrogens with zero attached hydrogens (tertiary/aromatic N) is 6. The zero-order valence-corrected chi connectivity index (χ0v) is 16.1. The molecule has 1 fully saturated rings. The first-order chi connectivity index (χ1) is 14.6. The molecule has 0 radical (unpaired) electrons. The van der Waals surface area contributed by atoms with Crippen LogP contribution in [0, 0.1) is 0 Å². The van der Waals surface area contributed by atoms with Gasteiger partial charge in [0.05, 0.1) is 12.1 Å². The van der Waals surface area contributed by atoms with E-state index in [2.05, 4.69) is 20.3 Å². The van der Waals surface area contributed by atoms with Crippen LogP contribution in [0.2, 0.25) is 0 Å². The third-order valence-electron chi connectivity index (χ3n) is 4.90. The summed E-state index contributed by atoms with van der Waals surface area (Å²) in [7, 11) is 0. The lowest BCUT2D eigenvalue weighted by Crippen LogP contribution is -2.50. The number of aromatic nitrogens is 4. The summed E-state index contributed by atoms with van der Waals surface area (Å²) in [5, 5.41) is 12.0. The van der Waals surface area contributed by atoms with Crippen LogP contribution >= 0.6 is 0 Å². The van der Waals surface area contributed by atoms with Crippen LogP contribution < -0.4 is 9.64 Å². The zero-order chi connectivity index (χ0) is 20.9. The topological polar surface area (TPSA) is 76.4 Å². The Labute approximate surface area is 171 Å². The third kappa shape index (κ3) is 4.37. The fraction of sp³-hybridized carbons (Fsp3) is 0.300. The molecule has 0 saturated carbocycles. The van der Waals surface area contributed by atoms with Crippen LogP contribution in [0.5, 0.6) is 5.75 Å². The number of amides is 1. The van der Waals surface area contributed by atoms with Crippen LogP contribution in [0.25, 0.3) is 5.69 Å². The fourth-order valence-electron chi connectivity index (χ4n) is 3.41. The van der Waals surface area contributed by atoms with Crippen LogP contribution in [-0.2, 0) is 11.2 Å². The second-order valence-electron chi connectivity index (χ2n) is 6.76. The molecule has 0 atom stereocenters. The molecule has 0 unspecified atom stereocenters. The number of halogens is 2. The van der Waals surface area contributed by atoms with E-state index in [0.29, 0.717) is 37.7 Å². The maximum Gasteiger partial charge on any atom is 0.387 e. The summed E-state index contributed by atoms with van der Waals surface area (Å²) in [6.07, 6.45) is 0.00461. The number of tetrazole rings is 1.